The number of aryl methyl sites for hydroxylation is 1. The van der Waals surface area contributed by atoms with E-state index in [0.29, 0.717) is 0 Å². The largest absolute Gasteiger partial charge is 0.396 e. The van der Waals surface area contributed by atoms with Crippen LogP contribution >= 0.6 is 0 Å². The minimum absolute atomic E-state index is 0.195. The Kier molecular flexibility index (Phi) is 7.68. The number of aliphatic hydroxyl groups is 1. The molecule has 1 aromatic rings. The average Bonchev–Trinajstić information content (AvgIpc) is 2.42. The van der Waals surface area contributed by atoms with Crippen molar-refractivity contribution in [3.05, 3.63) is 40.8 Å². The molecule has 0 unspecified atom stereocenters. The molecule has 0 aliphatic carbocycles. The molecule has 0 bridgehead atoms. The van der Waals surface area contributed by atoms with E-state index in [4.69, 9.17) is 5.11 Å². The van der Waals surface area contributed by atoms with Gasteiger partial charge in [-0.1, -0.05) is 36.6 Å². The number of rotatable bonds is 8. The second-order valence-corrected chi connectivity index (χ2v) is 6.12. The predicted octanol–water partition coefficient (Wildman–Crippen LogP) is 3.95. The summed E-state index contributed by atoms with van der Waals surface area (Å²) in [6, 6.07) is 7.82. The first-order valence-electron chi connectivity index (χ1n) is 6.95. The summed E-state index contributed by atoms with van der Waals surface area (Å²) in [5, 5.41) is 10.8. The molecule has 1 rings (SSSR count). The predicted molar refractivity (Wildman–Crippen MR) is 81.5 cm³/mol. The third-order valence-electron chi connectivity index (χ3n) is 3.03. The molecular formula is C16H24O2S. The minimum Gasteiger partial charge on any atom is -0.396 e. The summed E-state index contributed by atoms with van der Waals surface area (Å²) in [4.78, 5) is 0.851. The molecule has 0 aromatic heterocycles. The van der Waals surface area contributed by atoms with Gasteiger partial charge in [0.05, 0.1) is 10.8 Å². The van der Waals surface area contributed by atoms with Crippen molar-refractivity contribution in [3.63, 3.8) is 0 Å². The van der Waals surface area contributed by atoms with Gasteiger partial charge in [0.2, 0.25) is 0 Å². The molecule has 0 fully saturated rings. The van der Waals surface area contributed by atoms with Gasteiger partial charge in [0, 0.05) is 16.9 Å². The molecule has 19 heavy (non-hydrogen) atoms. The molecule has 1 aromatic carbocycles. The number of benzene rings is 1. The van der Waals surface area contributed by atoms with E-state index in [0.717, 1.165) is 37.0 Å². The van der Waals surface area contributed by atoms with E-state index in [1.54, 1.807) is 0 Å². The lowest BCUT2D eigenvalue weighted by Crippen LogP contribution is -1.93. The van der Waals surface area contributed by atoms with E-state index in [1.165, 1.54) is 11.1 Å². The van der Waals surface area contributed by atoms with Gasteiger partial charge in [-0.3, -0.25) is 0 Å². The van der Waals surface area contributed by atoms with Gasteiger partial charge in [-0.15, -0.1) is 0 Å². The van der Waals surface area contributed by atoms with Crippen molar-refractivity contribution >= 4 is 10.8 Å². The van der Waals surface area contributed by atoms with Gasteiger partial charge in [-0.05, 0) is 44.7 Å². The Bertz CT molecular complexity index is 411. The van der Waals surface area contributed by atoms with Crippen LogP contribution in [0.3, 0.4) is 0 Å². The minimum atomic E-state index is -1.07. The molecule has 0 amide bonds. The molecular weight excluding hydrogens is 256 g/mol. The lowest BCUT2D eigenvalue weighted by atomic mass is 10.1. The molecule has 0 radical (unpaired) electrons. The van der Waals surface area contributed by atoms with Crippen LogP contribution in [0.2, 0.25) is 0 Å². The number of hydrogen-bond donors (Lipinski definition) is 1. The fourth-order valence-electron chi connectivity index (χ4n) is 1.84. The fraction of sp³-hybridized carbons (Fsp3) is 0.500. The van der Waals surface area contributed by atoms with Gasteiger partial charge in [-0.2, -0.15) is 0 Å². The first kappa shape index (κ1) is 16.1. The van der Waals surface area contributed by atoms with E-state index in [9.17, 15) is 4.21 Å². The Morgan fingerprint density at radius 2 is 1.84 bits per heavy atom. The van der Waals surface area contributed by atoms with Crippen molar-refractivity contribution in [2.75, 3.05) is 6.61 Å². The smallest absolute Gasteiger partial charge is 0.0775 e. The van der Waals surface area contributed by atoms with Crippen molar-refractivity contribution in [1.29, 1.82) is 0 Å². The van der Waals surface area contributed by atoms with Crippen molar-refractivity contribution in [3.8, 4) is 0 Å². The molecule has 106 valence electrons. The third-order valence-corrected chi connectivity index (χ3v) is 4.32. The maximum absolute atomic E-state index is 12.3. The molecule has 0 heterocycles. The topological polar surface area (TPSA) is 37.3 Å². The van der Waals surface area contributed by atoms with Crippen LogP contribution in [0.5, 0.6) is 0 Å². The lowest BCUT2D eigenvalue weighted by molar-refractivity contribution is 0.288. The number of aliphatic hydroxyl groups excluding tert-OH is 1. The zero-order valence-corrected chi connectivity index (χ0v) is 12.7. The zero-order chi connectivity index (χ0) is 14.1. The van der Waals surface area contributed by atoms with Crippen molar-refractivity contribution in [1.82, 2.24) is 0 Å². The van der Waals surface area contributed by atoms with Crippen molar-refractivity contribution in [2.24, 2.45) is 0 Å². The normalized spacial score (nSPS) is 13.5. The highest BCUT2D eigenvalue weighted by atomic mass is 32.2. The van der Waals surface area contributed by atoms with Gasteiger partial charge in [-0.25, -0.2) is 4.21 Å². The summed E-state index contributed by atoms with van der Waals surface area (Å²) in [5.74, 6) is 0. The molecule has 2 nitrogen and oxygen atoms in total. The molecule has 0 saturated heterocycles. The first-order chi connectivity index (χ1) is 9.17. The Labute approximate surface area is 119 Å². The van der Waals surface area contributed by atoms with Crippen LogP contribution in [-0.4, -0.2) is 15.9 Å². The van der Waals surface area contributed by atoms with Crippen molar-refractivity contribution < 1.29 is 9.32 Å². The lowest BCUT2D eigenvalue weighted by Gasteiger charge is -2.06. The van der Waals surface area contributed by atoms with Gasteiger partial charge in [0.25, 0.3) is 0 Å². The SMILES string of the molecule is CCCC/C(=C\[S@@](=O)c1ccc(C)cc1)CCCO. The maximum Gasteiger partial charge on any atom is 0.0775 e. The highest BCUT2D eigenvalue weighted by molar-refractivity contribution is 7.88. The standard InChI is InChI=1S/C16H24O2S/c1-3-4-6-15(7-5-12-17)13-19(18)16-10-8-14(2)9-11-16/h8-11,13,17H,3-7,12H2,1-2H3/b15-13+/t19-/m1/s1. The van der Waals surface area contributed by atoms with E-state index in [2.05, 4.69) is 6.92 Å². The summed E-state index contributed by atoms with van der Waals surface area (Å²) in [6.07, 6.45) is 4.82. The molecule has 0 aliphatic heterocycles. The molecule has 0 aliphatic rings. The van der Waals surface area contributed by atoms with E-state index in [-0.39, 0.29) is 6.61 Å². The third kappa shape index (κ3) is 6.17. The quantitative estimate of drug-likeness (QED) is 0.783. The fourth-order valence-corrected chi connectivity index (χ4v) is 2.92. The molecule has 0 spiro atoms. The second kappa shape index (κ2) is 9.05. The second-order valence-electron chi connectivity index (χ2n) is 4.82. The number of hydrogen-bond acceptors (Lipinski definition) is 2. The summed E-state index contributed by atoms with van der Waals surface area (Å²) in [6.45, 7) is 4.37. The van der Waals surface area contributed by atoms with Gasteiger partial charge in [0.1, 0.15) is 0 Å². The summed E-state index contributed by atoms with van der Waals surface area (Å²) < 4.78 is 12.3. The van der Waals surface area contributed by atoms with E-state index in [1.807, 2.05) is 36.6 Å². The van der Waals surface area contributed by atoms with E-state index < -0.39 is 10.8 Å². The molecule has 1 N–H and O–H groups in total. The van der Waals surface area contributed by atoms with Crippen LogP contribution in [0, 0.1) is 6.92 Å². The Morgan fingerprint density at radius 3 is 2.42 bits per heavy atom. The van der Waals surface area contributed by atoms with E-state index >= 15 is 0 Å². The van der Waals surface area contributed by atoms with Gasteiger partial charge in [0.15, 0.2) is 0 Å². The molecule has 0 saturated carbocycles. The van der Waals surface area contributed by atoms with Crippen LogP contribution in [0.25, 0.3) is 0 Å². The highest BCUT2D eigenvalue weighted by Gasteiger charge is 2.04. The van der Waals surface area contributed by atoms with Gasteiger partial charge >= 0.3 is 0 Å². The Hall–Kier alpha value is -0.930. The zero-order valence-electron chi connectivity index (χ0n) is 11.9. The Morgan fingerprint density at radius 1 is 1.21 bits per heavy atom. The van der Waals surface area contributed by atoms with Crippen molar-refractivity contribution in [2.45, 2.75) is 50.8 Å². The Balaban J connectivity index is 2.75. The van der Waals surface area contributed by atoms with Gasteiger partial charge < -0.3 is 5.11 Å². The first-order valence-corrected chi connectivity index (χ1v) is 8.16. The van der Waals surface area contributed by atoms with Crippen LogP contribution in [-0.2, 0) is 10.8 Å². The highest BCUT2D eigenvalue weighted by Crippen LogP contribution is 2.18. The number of allylic oxidation sites excluding steroid dienone is 1. The van der Waals surface area contributed by atoms with Crippen LogP contribution in [0.1, 0.15) is 44.6 Å². The molecule has 1 atom stereocenters. The summed E-state index contributed by atoms with van der Waals surface area (Å²) in [7, 11) is -1.07. The molecule has 3 heteroatoms. The van der Waals surface area contributed by atoms with Crippen LogP contribution in [0.15, 0.2) is 40.1 Å². The average molecular weight is 280 g/mol. The van der Waals surface area contributed by atoms with Crippen LogP contribution < -0.4 is 0 Å². The summed E-state index contributed by atoms with van der Waals surface area (Å²) in [5.41, 5.74) is 2.38. The maximum atomic E-state index is 12.3. The number of unbranched alkanes of at least 4 members (excludes halogenated alkanes) is 1. The van der Waals surface area contributed by atoms with Crippen LogP contribution in [0.4, 0.5) is 0 Å². The monoisotopic (exact) mass is 280 g/mol. The summed E-state index contributed by atoms with van der Waals surface area (Å²) >= 11 is 0.